The van der Waals surface area contributed by atoms with Crippen molar-refractivity contribution < 1.29 is 4.39 Å². The fraction of sp³-hybridized carbons (Fsp3) is 0.600. The van der Waals surface area contributed by atoms with Crippen LogP contribution < -0.4 is 10.6 Å². The lowest BCUT2D eigenvalue weighted by molar-refractivity contribution is 0.623. The lowest BCUT2D eigenvalue weighted by Gasteiger charge is -2.27. The van der Waals surface area contributed by atoms with Crippen LogP contribution >= 0.6 is 0 Å². The minimum absolute atomic E-state index is 0.162. The standard InChI is InChI=1S/C15H23FN2/c1-2-9-18(11-12-3-4-12)15-6-5-14(16)10-13(15)7-8-17/h5-6,10,12H,2-4,7-9,11,17H2,1H3. The molecule has 1 aliphatic rings. The topological polar surface area (TPSA) is 29.3 Å². The summed E-state index contributed by atoms with van der Waals surface area (Å²) in [5.74, 6) is 0.678. The maximum Gasteiger partial charge on any atom is 0.123 e. The van der Waals surface area contributed by atoms with Gasteiger partial charge in [-0.2, -0.15) is 0 Å². The maximum atomic E-state index is 13.3. The van der Waals surface area contributed by atoms with Crippen molar-refractivity contribution in [1.82, 2.24) is 0 Å². The van der Waals surface area contributed by atoms with E-state index in [2.05, 4.69) is 11.8 Å². The highest BCUT2D eigenvalue weighted by Crippen LogP contribution is 2.32. The second-order valence-electron chi connectivity index (χ2n) is 5.20. The van der Waals surface area contributed by atoms with E-state index in [0.29, 0.717) is 6.54 Å². The van der Waals surface area contributed by atoms with E-state index in [4.69, 9.17) is 5.73 Å². The normalized spacial score (nSPS) is 14.8. The van der Waals surface area contributed by atoms with Gasteiger partial charge < -0.3 is 10.6 Å². The molecule has 1 aromatic rings. The maximum absolute atomic E-state index is 13.3. The third-order valence-electron chi connectivity index (χ3n) is 3.46. The molecule has 0 atom stereocenters. The number of rotatable bonds is 7. The minimum Gasteiger partial charge on any atom is -0.371 e. The van der Waals surface area contributed by atoms with Crippen LogP contribution in [0, 0.1) is 11.7 Å². The number of anilines is 1. The molecular weight excluding hydrogens is 227 g/mol. The van der Waals surface area contributed by atoms with Crippen LogP contribution in [-0.4, -0.2) is 19.6 Å². The molecule has 1 fully saturated rings. The van der Waals surface area contributed by atoms with Crippen molar-refractivity contribution in [2.45, 2.75) is 32.6 Å². The largest absolute Gasteiger partial charge is 0.371 e. The van der Waals surface area contributed by atoms with Gasteiger partial charge >= 0.3 is 0 Å². The highest BCUT2D eigenvalue weighted by molar-refractivity contribution is 5.54. The Hall–Kier alpha value is -1.09. The van der Waals surface area contributed by atoms with Gasteiger partial charge in [0.25, 0.3) is 0 Å². The summed E-state index contributed by atoms with van der Waals surface area (Å²) in [6.45, 7) is 4.91. The molecule has 0 radical (unpaired) electrons. The second kappa shape index (κ2) is 6.19. The summed E-state index contributed by atoms with van der Waals surface area (Å²) in [7, 11) is 0. The zero-order valence-corrected chi connectivity index (χ0v) is 11.2. The quantitative estimate of drug-likeness (QED) is 0.806. The van der Waals surface area contributed by atoms with Crippen LogP contribution in [0.15, 0.2) is 18.2 Å². The molecular formula is C15H23FN2. The van der Waals surface area contributed by atoms with Crippen LogP contribution in [0.2, 0.25) is 0 Å². The third kappa shape index (κ3) is 3.45. The van der Waals surface area contributed by atoms with Crippen LogP contribution in [0.1, 0.15) is 31.7 Å². The fourth-order valence-electron chi connectivity index (χ4n) is 2.41. The molecule has 0 bridgehead atoms. The van der Waals surface area contributed by atoms with Gasteiger partial charge in [0.05, 0.1) is 0 Å². The van der Waals surface area contributed by atoms with Crippen LogP contribution in [0.3, 0.4) is 0 Å². The fourth-order valence-corrected chi connectivity index (χ4v) is 2.41. The van der Waals surface area contributed by atoms with Gasteiger partial charge in [-0.3, -0.25) is 0 Å². The molecule has 1 aromatic carbocycles. The Kier molecular flexibility index (Phi) is 4.59. The number of halogens is 1. The molecule has 100 valence electrons. The molecule has 0 saturated heterocycles. The number of benzene rings is 1. The molecule has 0 heterocycles. The van der Waals surface area contributed by atoms with E-state index in [9.17, 15) is 4.39 Å². The van der Waals surface area contributed by atoms with E-state index in [1.54, 1.807) is 12.1 Å². The van der Waals surface area contributed by atoms with Gasteiger partial charge in [0.15, 0.2) is 0 Å². The van der Waals surface area contributed by atoms with Gasteiger partial charge in [0.1, 0.15) is 5.82 Å². The SMILES string of the molecule is CCCN(CC1CC1)c1ccc(F)cc1CCN. The number of hydrogen-bond acceptors (Lipinski definition) is 2. The third-order valence-corrected chi connectivity index (χ3v) is 3.46. The smallest absolute Gasteiger partial charge is 0.123 e. The molecule has 0 aliphatic heterocycles. The number of nitrogens with zero attached hydrogens (tertiary/aromatic N) is 1. The Bertz CT molecular complexity index is 388. The first-order valence-electron chi connectivity index (χ1n) is 6.98. The van der Waals surface area contributed by atoms with Crippen molar-refractivity contribution in [3.05, 3.63) is 29.6 Å². The highest BCUT2D eigenvalue weighted by atomic mass is 19.1. The Morgan fingerprint density at radius 1 is 1.39 bits per heavy atom. The summed E-state index contributed by atoms with van der Waals surface area (Å²) in [5.41, 5.74) is 7.85. The van der Waals surface area contributed by atoms with Crippen molar-refractivity contribution in [1.29, 1.82) is 0 Å². The van der Waals surface area contributed by atoms with Gasteiger partial charge in [-0.25, -0.2) is 4.39 Å². The molecule has 0 spiro atoms. The molecule has 0 amide bonds. The van der Waals surface area contributed by atoms with Gasteiger partial charge in [-0.1, -0.05) is 6.92 Å². The monoisotopic (exact) mass is 250 g/mol. The summed E-state index contributed by atoms with van der Waals surface area (Å²) in [6.07, 6.45) is 4.55. The van der Waals surface area contributed by atoms with Crippen molar-refractivity contribution in [3.63, 3.8) is 0 Å². The lowest BCUT2D eigenvalue weighted by Crippen LogP contribution is -2.28. The molecule has 2 nitrogen and oxygen atoms in total. The van der Waals surface area contributed by atoms with E-state index < -0.39 is 0 Å². The van der Waals surface area contributed by atoms with E-state index in [1.807, 2.05) is 6.07 Å². The molecule has 2 N–H and O–H groups in total. The number of nitrogens with two attached hydrogens (primary N) is 1. The Morgan fingerprint density at radius 2 is 2.17 bits per heavy atom. The summed E-state index contributed by atoms with van der Waals surface area (Å²) in [4.78, 5) is 2.40. The molecule has 0 unspecified atom stereocenters. The molecule has 3 heteroatoms. The molecule has 1 saturated carbocycles. The zero-order valence-electron chi connectivity index (χ0n) is 11.2. The summed E-state index contributed by atoms with van der Waals surface area (Å²) in [6, 6.07) is 5.11. The first-order valence-corrected chi connectivity index (χ1v) is 6.98. The molecule has 2 rings (SSSR count). The van der Waals surface area contributed by atoms with Crippen molar-refractivity contribution >= 4 is 5.69 Å². The van der Waals surface area contributed by atoms with E-state index in [-0.39, 0.29) is 5.82 Å². The molecule has 1 aliphatic carbocycles. The Morgan fingerprint density at radius 3 is 2.78 bits per heavy atom. The Labute approximate surface area is 109 Å². The van der Waals surface area contributed by atoms with Crippen LogP contribution in [-0.2, 0) is 6.42 Å². The Balaban J connectivity index is 2.20. The summed E-state index contributed by atoms with van der Waals surface area (Å²) in [5, 5.41) is 0. The first kappa shape index (κ1) is 13.3. The van der Waals surface area contributed by atoms with Crippen LogP contribution in [0.25, 0.3) is 0 Å². The summed E-state index contributed by atoms with van der Waals surface area (Å²) >= 11 is 0. The van der Waals surface area contributed by atoms with E-state index >= 15 is 0 Å². The number of hydrogen-bond donors (Lipinski definition) is 1. The molecule has 0 aromatic heterocycles. The average Bonchev–Trinajstić information content (AvgIpc) is 3.13. The van der Waals surface area contributed by atoms with Gasteiger partial charge in [-0.15, -0.1) is 0 Å². The van der Waals surface area contributed by atoms with Gasteiger partial charge in [-0.05, 0) is 61.9 Å². The lowest BCUT2D eigenvalue weighted by atomic mass is 10.1. The van der Waals surface area contributed by atoms with E-state index in [1.165, 1.54) is 18.5 Å². The van der Waals surface area contributed by atoms with Crippen LogP contribution in [0.5, 0.6) is 0 Å². The van der Waals surface area contributed by atoms with Gasteiger partial charge in [0, 0.05) is 18.8 Å². The van der Waals surface area contributed by atoms with Crippen molar-refractivity contribution in [2.24, 2.45) is 11.7 Å². The zero-order chi connectivity index (χ0) is 13.0. The minimum atomic E-state index is -0.162. The van der Waals surface area contributed by atoms with Crippen molar-refractivity contribution in [2.75, 3.05) is 24.5 Å². The predicted molar refractivity (Wildman–Crippen MR) is 74.4 cm³/mol. The predicted octanol–water partition coefficient (Wildman–Crippen LogP) is 2.95. The van der Waals surface area contributed by atoms with Crippen LogP contribution in [0.4, 0.5) is 10.1 Å². The summed E-state index contributed by atoms with van der Waals surface area (Å²) < 4.78 is 13.3. The highest BCUT2D eigenvalue weighted by Gasteiger charge is 2.25. The first-order chi connectivity index (χ1) is 8.74. The van der Waals surface area contributed by atoms with E-state index in [0.717, 1.165) is 37.4 Å². The second-order valence-corrected chi connectivity index (χ2v) is 5.20. The average molecular weight is 250 g/mol. The van der Waals surface area contributed by atoms with Crippen molar-refractivity contribution in [3.8, 4) is 0 Å². The molecule has 18 heavy (non-hydrogen) atoms. The van der Waals surface area contributed by atoms with Gasteiger partial charge in [0.2, 0.25) is 0 Å².